The lowest BCUT2D eigenvalue weighted by atomic mass is 9.82. The van der Waals surface area contributed by atoms with Gasteiger partial charge in [-0.2, -0.15) is 0 Å². The second kappa shape index (κ2) is 2.67. The summed E-state index contributed by atoms with van der Waals surface area (Å²) in [7, 11) is 0. The molecule has 2 aliphatic heterocycles. The van der Waals surface area contributed by atoms with Gasteiger partial charge < -0.3 is 9.47 Å². The molecule has 0 bridgehead atoms. The molecule has 3 fully saturated rings. The van der Waals surface area contributed by atoms with E-state index in [1.807, 2.05) is 0 Å². The Hall–Kier alpha value is -0.340. The van der Waals surface area contributed by atoms with Crippen molar-refractivity contribution in [3.05, 3.63) is 11.6 Å². The fourth-order valence-electron chi connectivity index (χ4n) is 3.48. The molecule has 4 aliphatic rings. The monoisotopic (exact) mass is 206 g/mol. The average Bonchev–Trinajstić information content (AvgIpc) is 3.04. The molecule has 2 saturated heterocycles. The normalized spacial score (nSPS) is 47.9. The van der Waals surface area contributed by atoms with Crippen LogP contribution < -0.4 is 0 Å². The molecule has 4 rings (SSSR count). The molecule has 2 aliphatic carbocycles. The minimum atomic E-state index is -0.199. The smallest absolute Gasteiger partial charge is 0.249 e. The molecule has 0 amide bonds. The van der Waals surface area contributed by atoms with Crippen molar-refractivity contribution in [2.75, 3.05) is 0 Å². The highest BCUT2D eigenvalue weighted by molar-refractivity contribution is 5.35. The summed E-state index contributed by atoms with van der Waals surface area (Å²) in [5.74, 6) is 0.643. The van der Waals surface area contributed by atoms with E-state index >= 15 is 0 Å². The molecule has 0 N–H and O–H groups in total. The standard InChI is InChI=1S/C13H18O2/c1-2-4-10(5-3-1)8-11-6-7-12-13(9-11,14-12)15-12/h9-10H,1-8H2. The SMILES string of the molecule is C1=C(CC2CCCCC2)CCC23OC12O3. The van der Waals surface area contributed by atoms with Crippen LogP contribution in [0.2, 0.25) is 0 Å². The van der Waals surface area contributed by atoms with E-state index in [9.17, 15) is 0 Å². The van der Waals surface area contributed by atoms with Gasteiger partial charge in [-0.05, 0) is 24.8 Å². The number of hydrogen-bond donors (Lipinski definition) is 0. The predicted octanol–water partition coefficient (Wildman–Crippen LogP) is 3.13. The minimum Gasteiger partial charge on any atom is -0.303 e. The largest absolute Gasteiger partial charge is 0.303 e. The number of epoxide rings is 2. The third-order valence-corrected chi connectivity index (χ3v) is 4.53. The molecule has 0 aromatic carbocycles. The van der Waals surface area contributed by atoms with Crippen LogP contribution in [-0.4, -0.2) is 11.6 Å². The van der Waals surface area contributed by atoms with E-state index in [2.05, 4.69) is 6.08 Å². The van der Waals surface area contributed by atoms with Crippen LogP contribution in [0.5, 0.6) is 0 Å². The van der Waals surface area contributed by atoms with Crippen LogP contribution in [0, 0.1) is 5.92 Å². The highest BCUT2D eigenvalue weighted by Crippen LogP contribution is 2.73. The molecule has 0 atom stereocenters. The fourth-order valence-corrected chi connectivity index (χ4v) is 3.48. The summed E-state index contributed by atoms with van der Waals surface area (Å²) < 4.78 is 11.1. The summed E-state index contributed by atoms with van der Waals surface area (Å²) in [4.78, 5) is 0. The second-order valence-electron chi connectivity index (χ2n) is 5.64. The molecule has 0 aromatic rings. The lowest BCUT2D eigenvalue weighted by molar-refractivity contribution is -0.0776. The Kier molecular flexibility index (Phi) is 1.56. The second-order valence-corrected chi connectivity index (χ2v) is 5.64. The maximum Gasteiger partial charge on any atom is 0.249 e. The van der Waals surface area contributed by atoms with Crippen molar-refractivity contribution in [2.45, 2.75) is 62.9 Å². The van der Waals surface area contributed by atoms with E-state index in [-0.39, 0.29) is 11.6 Å². The molecule has 0 unspecified atom stereocenters. The summed E-state index contributed by atoms with van der Waals surface area (Å²) in [6, 6.07) is 0. The van der Waals surface area contributed by atoms with Crippen LogP contribution in [0.3, 0.4) is 0 Å². The fraction of sp³-hybridized carbons (Fsp3) is 0.846. The molecular weight excluding hydrogens is 188 g/mol. The van der Waals surface area contributed by atoms with Crippen LogP contribution in [-0.2, 0) is 9.47 Å². The van der Waals surface area contributed by atoms with Gasteiger partial charge in [0.25, 0.3) is 0 Å². The van der Waals surface area contributed by atoms with Crippen molar-refractivity contribution >= 4 is 0 Å². The Morgan fingerprint density at radius 1 is 1.20 bits per heavy atom. The summed E-state index contributed by atoms with van der Waals surface area (Å²) in [5.41, 5.74) is 1.60. The zero-order chi connectivity index (χ0) is 9.93. The van der Waals surface area contributed by atoms with Gasteiger partial charge in [-0.3, -0.25) is 0 Å². The van der Waals surface area contributed by atoms with E-state index in [1.165, 1.54) is 44.9 Å². The lowest BCUT2D eigenvalue weighted by Gasteiger charge is -2.23. The third kappa shape index (κ3) is 1.18. The third-order valence-electron chi connectivity index (χ3n) is 4.53. The highest BCUT2D eigenvalue weighted by Gasteiger charge is 2.90. The number of ether oxygens (including phenoxy) is 2. The number of rotatable bonds is 2. The zero-order valence-electron chi connectivity index (χ0n) is 9.13. The van der Waals surface area contributed by atoms with Gasteiger partial charge in [-0.1, -0.05) is 37.7 Å². The first-order valence-electron chi connectivity index (χ1n) is 6.43. The van der Waals surface area contributed by atoms with Crippen molar-refractivity contribution in [3.8, 4) is 0 Å². The van der Waals surface area contributed by atoms with Crippen LogP contribution in [0.1, 0.15) is 51.4 Å². The van der Waals surface area contributed by atoms with Crippen molar-refractivity contribution in [2.24, 2.45) is 5.92 Å². The maximum atomic E-state index is 5.56. The van der Waals surface area contributed by atoms with E-state index < -0.39 is 0 Å². The molecule has 2 nitrogen and oxygen atoms in total. The molecule has 0 spiro atoms. The Balaban J connectivity index is 1.43. The number of hydrogen-bond acceptors (Lipinski definition) is 2. The molecule has 1 saturated carbocycles. The summed E-state index contributed by atoms with van der Waals surface area (Å²) in [5, 5.41) is 0. The summed E-state index contributed by atoms with van der Waals surface area (Å²) >= 11 is 0. The summed E-state index contributed by atoms with van der Waals surface area (Å²) in [6.45, 7) is 0. The Morgan fingerprint density at radius 2 is 2.00 bits per heavy atom. The van der Waals surface area contributed by atoms with E-state index in [1.54, 1.807) is 5.57 Å². The first-order chi connectivity index (χ1) is 7.32. The Labute approximate surface area is 90.6 Å². The van der Waals surface area contributed by atoms with Gasteiger partial charge in [0.2, 0.25) is 11.6 Å². The minimum absolute atomic E-state index is 0.108. The molecule has 82 valence electrons. The average molecular weight is 206 g/mol. The van der Waals surface area contributed by atoms with Crippen molar-refractivity contribution in [1.29, 1.82) is 0 Å². The molecule has 2 heterocycles. The van der Waals surface area contributed by atoms with E-state index in [4.69, 9.17) is 9.47 Å². The van der Waals surface area contributed by atoms with Crippen molar-refractivity contribution < 1.29 is 9.47 Å². The quantitative estimate of drug-likeness (QED) is 0.512. The topological polar surface area (TPSA) is 25.1 Å². The first-order valence-corrected chi connectivity index (χ1v) is 6.43. The van der Waals surface area contributed by atoms with Gasteiger partial charge in [-0.15, -0.1) is 0 Å². The van der Waals surface area contributed by atoms with Gasteiger partial charge in [0.15, 0.2) is 0 Å². The van der Waals surface area contributed by atoms with Gasteiger partial charge in [0.05, 0.1) is 0 Å². The molecular formula is C13H18O2. The maximum absolute atomic E-state index is 5.56. The van der Waals surface area contributed by atoms with Crippen LogP contribution in [0.25, 0.3) is 0 Å². The highest BCUT2D eigenvalue weighted by atomic mass is 17.0. The van der Waals surface area contributed by atoms with Crippen LogP contribution >= 0.6 is 0 Å². The van der Waals surface area contributed by atoms with Crippen molar-refractivity contribution in [1.82, 2.24) is 0 Å². The molecule has 2 heteroatoms. The van der Waals surface area contributed by atoms with Gasteiger partial charge in [0, 0.05) is 6.42 Å². The van der Waals surface area contributed by atoms with E-state index in [0.29, 0.717) is 0 Å². The van der Waals surface area contributed by atoms with Crippen LogP contribution in [0.15, 0.2) is 11.6 Å². The molecule has 15 heavy (non-hydrogen) atoms. The van der Waals surface area contributed by atoms with Gasteiger partial charge in [0.1, 0.15) is 0 Å². The zero-order valence-corrected chi connectivity index (χ0v) is 9.13. The van der Waals surface area contributed by atoms with Gasteiger partial charge >= 0.3 is 0 Å². The Bertz CT molecular complexity index is 319. The van der Waals surface area contributed by atoms with Gasteiger partial charge in [-0.25, -0.2) is 0 Å². The van der Waals surface area contributed by atoms with Crippen molar-refractivity contribution in [3.63, 3.8) is 0 Å². The summed E-state index contributed by atoms with van der Waals surface area (Å²) in [6.07, 6.45) is 13.1. The first kappa shape index (κ1) is 8.77. The predicted molar refractivity (Wildman–Crippen MR) is 56.1 cm³/mol. The number of allylic oxidation sites excluding steroid dienone is 1. The lowest BCUT2D eigenvalue weighted by Crippen LogP contribution is -2.10. The van der Waals surface area contributed by atoms with E-state index in [0.717, 1.165) is 12.3 Å². The molecule has 0 radical (unpaired) electrons. The Morgan fingerprint density at radius 3 is 2.73 bits per heavy atom. The molecule has 0 aromatic heterocycles. The van der Waals surface area contributed by atoms with Crippen LogP contribution in [0.4, 0.5) is 0 Å².